The average Bonchev–Trinajstić information content (AvgIpc) is 0.772. The Bertz CT molecular complexity index is 4350. The minimum Gasteiger partial charge on any atom is -0.479 e. The molecule has 16 N–H and O–H groups in total. The minimum absolute atomic E-state index is 0.0201. The molecule has 5 amide bonds. The lowest BCUT2D eigenvalue weighted by molar-refractivity contribution is -0.335. The number of nitrogens with zero attached hydrogens (tertiary/aromatic N) is 3. The predicted molar refractivity (Wildman–Crippen MR) is 377 cm³/mol. The van der Waals surface area contributed by atoms with Gasteiger partial charge < -0.3 is 100 Å². The Morgan fingerprint density at radius 1 is 0.764 bits per heavy atom. The molecule has 44 heteroatoms. The number of nitrogens with one attached hydrogen (secondary N) is 7. The van der Waals surface area contributed by atoms with Crippen molar-refractivity contribution in [1.82, 2.24) is 46.2 Å². The van der Waals surface area contributed by atoms with Crippen molar-refractivity contribution >= 4 is 82.3 Å². The zero-order valence-electron chi connectivity index (χ0n) is 60.3. The summed E-state index contributed by atoms with van der Waals surface area (Å²) >= 11 is 0. The van der Waals surface area contributed by atoms with Crippen molar-refractivity contribution < 1.29 is 136 Å². The van der Waals surface area contributed by atoms with Gasteiger partial charge in [0.05, 0.1) is 73.0 Å². The van der Waals surface area contributed by atoms with Gasteiger partial charge in [0, 0.05) is 30.5 Å². The van der Waals surface area contributed by atoms with Crippen LogP contribution in [-0.4, -0.2) is 268 Å². The van der Waals surface area contributed by atoms with E-state index in [0.29, 0.717) is 49.4 Å². The van der Waals surface area contributed by atoms with Crippen LogP contribution in [0.25, 0.3) is 10.8 Å². The number of ether oxygens (including phenoxy) is 8. The summed E-state index contributed by atoms with van der Waals surface area (Å²) in [7, 11) is -15.7. The second-order valence-corrected chi connectivity index (χ2v) is 32.2. The Hall–Kier alpha value is -7.71. The first-order valence-electron chi connectivity index (χ1n) is 35.2. The number of anilines is 1. The number of aliphatic carboxylic acids is 1. The fourth-order valence-electron chi connectivity index (χ4n) is 13.3. The highest BCUT2D eigenvalue weighted by atomic mass is 32.2. The molecule has 8 rings (SSSR count). The molecule has 0 spiro atoms. The van der Waals surface area contributed by atoms with E-state index in [9.17, 15) is 108 Å². The fraction of sp³-hybridized carbons (Fsp3) is 0.636. The van der Waals surface area contributed by atoms with Crippen molar-refractivity contribution in [1.29, 1.82) is 0 Å². The Morgan fingerprint density at radius 2 is 1.44 bits per heavy atom. The normalized spacial score (nSPS) is 25.4. The van der Waals surface area contributed by atoms with Crippen molar-refractivity contribution in [2.45, 2.75) is 212 Å². The maximum Gasteiger partial charge on any atom is 0.332 e. The number of aromatic nitrogens is 5. The first-order valence-corrected chi connectivity index (χ1v) is 39.5. The second-order valence-electron chi connectivity index (χ2n) is 27.9. The summed E-state index contributed by atoms with van der Waals surface area (Å²) in [6.45, 7) is 3.36. The number of benzene rings is 2. The second kappa shape index (κ2) is 39.2. The molecule has 2 aromatic carbocycles. The van der Waals surface area contributed by atoms with Crippen molar-refractivity contribution in [3.05, 3.63) is 80.9 Å². The van der Waals surface area contributed by atoms with Gasteiger partial charge in [-0.1, -0.05) is 63.3 Å². The van der Waals surface area contributed by atoms with Gasteiger partial charge in [-0.15, -0.1) is 5.10 Å². The fourth-order valence-corrected chi connectivity index (χ4v) is 15.2. The standard InChI is InChI=1S/C66H94N10O31S3/c1-5-6-7-11-14-66(3,4)33-102-30-38-27-76(75-74-38)28-49(79)72-53-59(104-45(62(88)89)19-35-12-9-8-10-13-35)55(83)46(29-77)106-63(53)105-44-23-37(22-42(70-61(87)43-26-48(78)73-65(90)71-43)58(44)107-64-57(85)56(84)54(82)34(2)103-64)60(86)68-16-15-67-50(80)31-100-17-18-101-32-51(81)69-41-24-39(108(91,92)93)20-36-21-40(109(94,95)96)25-47(52(36)41)110(97,98)99/h5-6,20-21,24-27,34-35,37,42,44-46,53-59,63-64,77,82-85H,7-19,22-23,28-33H2,1-4H3,(H,67,80)(H,68,86)(H,69,81)(H,70,87)(H,72,79)(H,88,89)(H,91,92,93)(H,94,95,96)(H,97,98,99)(H2,71,73,78,90)/b6-5-/t34-,37+,42-,44+,45-,46+,53+,54+,55-,56+,57+,58+,59+,63+,64-/m0/s1. The largest absolute Gasteiger partial charge is 0.479 e. The number of aliphatic hydroxyl groups is 5. The lowest BCUT2D eigenvalue weighted by atomic mass is 9.80. The number of fused-ring (bicyclic) bond motifs is 1. The van der Waals surface area contributed by atoms with E-state index in [1.807, 2.05) is 18.0 Å². The number of allylic oxidation sites excluding steroid dienone is 2. The van der Waals surface area contributed by atoms with Crippen LogP contribution >= 0.6 is 0 Å². The van der Waals surface area contributed by atoms with Gasteiger partial charge in [0.2, 0.25) is 23.6 Å². The molecule has 0 radical (unpaired) electrons. The van der Waals surface area contributed by atoms with E-state index in [4.69, 9.17) is 37.9 Å². The van der Waals surface area contributed by atoms with Gasteiger partial charge in [0.25, 0.3) is 41.8 Å². The summed E-state index contributed by atoms with van der Waals surface area (Å²) < 4.78 is 152. The number of carboxylic acid groups (broad SMARTS) is 1. The van der Waals surface area contributed by atoms with Crippen LogP contribution in [-0.2, 0) is 105 Å². The van der Waals surface area contributed by atoms with Crippen molar-refractivity contribution in [3.8, 4) is 0 Å². The van der Waals surface area contributed by atoms with E-state index in [-0.39, 0.29) is 44.1 Å². The molecular formula is C66H94N10O31S3. The Morgan fingerprint density at radius 3 is 2.08 bits per heavy atom. The van der Waals surface area contributed by atoms with Crippen molar-refractivity contribution in [2.75, 3.05) is 58.0 Å². The predicted octanol–water partition coefficient (Wildman–Crippen LogP) is -2.08. The van der Waals surface area contributed by atoms with Gasteiger partial charge in [0.15, 0.2) is 18.7 Å². The van der Waals surface area contributed by atoms with Gasteiger partial charge in [0.1, 0.15) is 84.8 Å². The third kappa shape index (κ3) is 24.9. The molecule has 15 atom stereocenters. The van der Waals surface area contributed by atoms with Crippen LogP contribution in [0.5, 0.6) is 0 Å². The SMILES string of the molecule is C/C=C\CCCC(C)(C)COCc1cn(CC(=O)N[C@H]2[C@H](O[C@@H]3C[C@H](C(=O)NCCNC(=O)COCCOCC(=O)Nc4cc(S(=O)(=O)O)cc5cc(S(=O)(=O)O)cc(S(=O)(=O)O)c45)C[C@H](NC(=O)c4cc(=O)[nH]c(=O)[nH]4)[C@H]3O[C@@H]3O[C@@H](C)[C@@H](O)[C@@H](O)[C@H]3O)O[C@H](CO)[C@H](O)[C@@H]2O[C@@H](CC2CCCCC2)C(=O)O)nn1. The average molecular weight is 1620 g/mol. The minimum atomic E-state index is -5.36. The number of unbranched alkanes of at least 4 members (excludes halogenated alkanes) is 1. The summed E-state index contributed by atoms with van der Waals surface area (Å²) in [5.41, 5.74) is -3.25. The van der Waals surface area contributed by atoms with Crippen molar-refractivity contribution in [3.63, 3.8) is 0 Å². The topological polar surface area (TPSA) is 617 Å². The molecule has 2 saturated carbocycles. The van der Waals surface area contributed by atoms with Crippen molar-refractivity contribution in [2.24, 2.45) is 17.3 Å². The van der Waals surface area contributed by atoms with E-state index in [2.05, 4.69) is 61.8 Å². The van der Waals surface area contributed by atoms with E-state index in [1.54, 1.807) is 0 Å². The maximum atomic E-state index is 14.6. The van der Waals surface area contributed by atoms with Crippen LogP contribution in [0.3, 0.4) is 0 Å². The van der Waals surface area contributed by atoms with E-state index in [0.717, 1.165) is 44.6 Å². The quantitative estimate of drug-likeness (QED) is 0.0130. The monoisotopic (exact) mass is 1620 g/mol. The maximum absolute atomic E-state index is 14.6. The summed E-state index contributed by atoms with van der Waals surface area (Å²) in [6, 6.07) is -0.451. The Balaban J connectivity index is 0.998. The molecule has 4 heterocycles. The van der Waals surface area contributed by atoms with Crippen LogP contribution in [0.4, 0.5) is 5.69 Å². The highest BCUT2D eigenvalue weighted by molar-refractivity contribution is 7.87. The van der Waals surface area contributed by atoms with Crippen LogP contribution in [0.1, 0.15) is 115 Å². The number of hydrogen-bond acceptors (Lipinski definition) is 29. The number of carbonyl (C=O) groups is 6. The number of H-pyrrole nitrogens is 2. The number of hydrogen-bond donors (Lipinski definition) is 16. The summed E-state index contributed by atoms with van der Waals surface area (Å²) in [6.07, 6.45) is -10.1. The molecule has 4 fully saturated rings. The number of carboxylic acids is 1. The number of carbonyl (C=O) groups excluding carboxylic acids is 5. The van der Waals surface area contributed by atoms with E-state index < -0.39 is 251 Å². The first kappa shape index (κ1) is 87.9. The molecule has 0 unspecified atom stereocenters. The van der Waals surface area contributed by atoms with Crippen LogP contribution in [0.2, 0.25) is 0 Å². The Kier molecular flexibility index (Phi) is 31.3. The molecular weight excluding hydrogens is 1520 g/mol. The lowest BCUT2D eigenvalue weighted by Crippen LogP contribution is -2.68. The Labute approximate surface area is 630 Å². The number of amides is 5. The first-order chi connectivity index (χ1) is 51.8. The molecule has 2 saturated heterocycles. The van der Waals surface area contributed by atoms with Crippen LogP contribution < -0.4 is 37.8 Å². The zero-order chi connectivity index (χ0) is 80.6. The van der Waals surface area contributed by atoms with Gasteiger partial charge in [-0.3, -0.25) is 47.4 Å². The molecule has 41 nitrogen and oxygen atoms in total. The molecule has 4 aliphatic rings. The molecule has 2 aliphatic heterocycles. The molecule has 4 aromatic rings. The summed E-state index contributed by atoms with van der Waals surface area (Å²) in [4.78, 5) is 109. The summed E-state index contributed by atoms with van der Waals surface area (Å²) in [5.74, 6) is -7.58. The highest BCUT2D eigenvalue weighted by Crippen LogP contribution is 2.39. The third-order valence-corrected chi connectivity index (χ3v) is 21.3. The van der Waals surface area contributed by atoms with E-state index >= 15 is 0 Å². The van der Waals surface area contributed by atoms with Gasteiger partial charge in [-0.25, -0.2) is 14.3 Å². The molecule has 0 bridgehead atoms. The number of rotatable bonds is 38. The number of aliphatic hydroxyl groups excluding tert-OH is 5. The lowest BCUT2D eigenvalue weighted by Gasteiger charge is -2.49. The third-order valence-electron chi connectivity index (χ3n) is 18.8. The molecule has 612 valence electrons. The summed E-state index contributed by atoms with van der Waals surface area (Å²) in [5, 5.41) is 86.5. The van der Waals surface area contributed by atoms with Crippen LogP contribution in [0, 0.1) is 17.3 Å². The van der Waals surface area contributed by atoms with Gasteiger partial charge >= 0.3 is 11.7 Å². The molecule has 110 heavy (non-hydrogen) atoms. The molecule has 2 aromatic heterocycles. The zero-order valence-corrected chi connectivity index (χ0v) is 62.7. The van der Waals surface area contributed by atoms with Crippen LogP contribution in [0.15, 0.2) is 73.0 Å². The highest BCUT2D eigenvalue weighted by Gasteiger charge is 2.54. The van der Waals surface area contributed by atoms with Gasteiger partial charge in [-0.2, -0.15) is 25.3 Å². The smallest absolute Gasteiger partial charge is 0.332 e. The van der Waals surface area contributed by atoms with E-state index in [1.165, 1.54) is 17.8 Å². The number of aromatic amines is 2. The van der Waals surface area contributed by atoms with Gasteiger partial charge in [-0.05, 0) is 93.4 Å². The molecule has 2 aliphatic carbocycles.